The Hall–Kier alpha value is -3.45. The lowest BCUT2D eigenvalue weighted by atomic mass is 10.1. The van der Waals surface area contributed by atoms with Gasteiger partial charge in [-0.2, -0.15) is 4.98 Å². The second-order valence-electron chi connectivity index (χ2n) is 8.42. The van der Waals surface area contributed by atoms with Gasteiger partial charge in [-0.15, -0.1) is 0 Å². The molecule has 0 atom stereocenters. The first kappa shape index (κ1) is 21.4. The number of piperazine rings is 1. The molecule has 1 N–H and O–H groups in total. The number of anilines is 1. The molecule has 170 valence electrons. The normalized spacial score (nSPS) is 14.8. The number of hydrogen-bond acceptors (Lipinski definition) is 5. The Bertz CT molecular complexity index is 1310. The average molecular weight is 447 g/mol. The summed E-state index contributed by atoms with van der Waals surface area (Å²) < 4.78 is 19.1. The minimum absolute atomic E-state index is 0.336. The van der Waals surface area contributed by atoms with Crippen molar-refractivity contribution in [3.8, 4) is 5.88 Å². The van der Waals surface area contributed by atoms with E-state index in [1.54, 1.807) is 12.1 Å². The molecule has 0 unspecified atom stereocenters. The summed E-state index contributed by atoms with van der Waals surface area (Å²) in [5.74, 6) is -0.371. The number of nitrogens with one attached hydrogen (secondary N) is 1. The van der Waals surface area contributed by atoms with Crippen LogP contribution in [0.15, 0.2) is 65.5 Å². The van der Waals surface area contributed by atoms with Crippen LogP contribution in [-0.2, 0) is 0 Å². The van der Waals surface area contributed by atoms with Gasteiger partial charge < -0.3 is 14.6 Å². The van der Waals surface area contributed by atoms with E-state index in [1.807, 2.05) is 0 Å². The number of benzene rings is 2. The lowest BCUT2D eigenvalue weighted by Gasteiger charge is -2.36. The molecule has 1 saturated heterocycles. The zero-order valence-electron chi connectivity index (χ0n) is 18.5. The number of hydrogen-bond donors (Lipinski definition) is 1. The number of nitrogens with zero attached hydrogens (tertiary/aromatic N) is 3. The molecule has 0 amide bonds. The largest absolute Gasteiger partial charge is 0.478 e. The highest BCUT2D eigenvalue weighted by atomic mass is 19.1. The molecule has 7 heteroatoms. The molecule has 33 heavy (non-hydrogen) atoms. The Morgan fingerprint density at radius 1 is 0.939 bits per heavy atom. The molecule has 0 spiro atoms. The number of halogens is 1. The minimum Gasteiger partial charge on any atom is -0.478 e. The fraction of sp³-hybridized carbons (Fsp3) is 0.308. The Labute approximate surface area is 191 Å². The molecule has 2 aromatic heterocycles. The van der Waals surface area contributed by atoms with E-state index in [0.717, 1.165) is 45.6 Å². The number of pyridine rings is 2. The number of unbranched alkanes of at least 4 members (excludes halogenated alkanes) is 1. The van der Waals surface area contributed by atoms with Crippen molar-refractivity contribution >= 4 is 27.5 Å². The van der Waals surface area contributed by atoms with Gasteiger partial charge in [0, 0.05) is 48.7 Å². The van der Waals surface area contributed by atoms with E-state index < -0.39 is 11.4 Å². The maximum Gasteiger partial charge on any atom is 0.285 e. The van der Waals surface area contributed by atoms with Crippen LogP contribution in [0.4, 0.5) is 10.1 Å². The van der Waals surface area contributed by atoms with Crippen LogP contribution in [0, 0.1) is 5.82 Å². The van der Waals surface area contributed by atoms with Gasteiger partial charge in [0.15, 0.2) is 5.82 Å². The molecule has 0 radical (unpaired) electrons. The number of aromatic amines is 1. The first-order valence-electron chi connectivity index (χ1n) is 11.4. The molecule has 1 aliphatic rings. The van der Waals surface area contributed by atoms with Crippen molar-refractivity contribution < 1.29 is 9.13 Å². The zero-order valence-corrected chi connectivity index (χ0v) is 18.5. The molecule has 3 heterocycles. The van der Waals surface area contributed by atoms with E-state index in [9.17, 15) is 9.18 Å². The fourth-order valence-electron chi connectivity index (χ4n) is 4.43. The van der Waals surface area contributed by atoms with Crippen molar-refractivity contribution in [3.63, 3.8) is 0 Å². The first-order valence-corrected chi connectivity index (χ1v) is 11.4. The number of H-pyrrole nitrogens is 1. The fourth-order valence-corrected chi connectivity index (χ4v) is 4.43. The molecular formula is C26H27FN4O2. The Morgan fingerprint density at radius 3 is 2.64 bits per heavy atom. The third-order valence-corrected chi connectivity index (χ3v) is 6.23. The number of ether oxygens (including phenoxy) is 1. The van der Waals surface area contributed by atoms with Crippen molar-refractivity contribution in [3.05, 3.63) is 76.8 Å². The third kappa shape index (κ3) is 4.83. The molecule has 0 aliphatic carbocycles. The summed E-state index contributed by atoms with van der Waals surface area (Å²) in [7, 11) is 0. The summed E-state index contributed by atoms with van der Waals surface area (Å²) in [5.41, 5.74) is 0.892. The van der Waals surface area contributed by atoms with E-state index in [4.69, 9.17) is 4.74 Å². The minimum atomic E-state index is -0.809. The van der Waals surface area contributed by atoms with Crippen LogP contribution >= 0.6 is 0 Å². The standard InChI is InChI=1S/C26H27FN4O2/c27-22-18-20-10-11-24(28-25(20)29-26(22)32)33-17-4-3-12-30-13-15-31(16-14-30)23-9-5-7-19-6-1-2-8-21(19)23/h1-2,5-11,18H,3-4,12-17H2,(H,28,29,32). The van der Waals surface area contributed by atoms with Crippen molar-refractivity contribution in [2.75, 3.05) is 44.2 Å². The molecule has 0 saturated carbocycles. The summed E-state index contributed by atoms with van der Waals surface area (Å²) in [5, 5.41) is 3.15. The molecule has 4 aromatic rings. The molecule has 1 aliphatic heterocycles. The highest BCUT2D eigenvalue weighted by molar-refractivity contribution is 5.94. The Kier molecular flexibility index (Phi) is 6.21. The predicted molar refractivity (Wildman–Crippen MR) is 130 cm³/mol. The maximum absolute atomic E-state index is 13.4. The quantitative estimate of drug-likeness (QED) is 0.431. The van der Waals surface area contributed by atoms with Crippen LogP contribution in [0.3, 0.4) is 0 Å². The van der Waals surface area contributed by atoms with Gasteiger partial charge in [0.1, 0.15) is 5.65 Å². The number of fused-ring (bicyclic) bond motifs is 2. The zero-order chi connectivity index (χ0) is 22.6. The van der Waals surface area contributed by atoms with E-state index in [1.165, 1.54) is 22.5 Å². The molecule has 2 aromatic carbocycles. The summed E-state index contributed by atoms with van der Waals surface area (Å²) in [6, 6.07) is 19.7. The molecule has 6 nitrogen and oxygen atoms in total. The van der Waals surface area contributed by atoms with E-state index in [2.05, 4.69) is 62.2 Å². The predicted octanol–water partition coefficient (Wildman–Crippen LogP) is 4.20. The highest BCUT2D eigenvalue weighted by Gasteiger charge is 2.18. The van der Waals surface area contributed by atoms with Gasteiger partial charge in [-0.1, -0.05) is 36.4 Å². The Balaban J connectivity index is 1.07. The van der Waals surface area contributed by atoms with Gasteiger partial charge in [0.05, 0.1) is 6.61 Å². The van der Waals surface area contributed by atoms with Crippen molar-refractivity contribution in [1.29, 1.82) is 0 Å². The lowest BCUT2D eigenvalue weighted by molar-refractivity contribution is 0.237. The summed E-state index contributed by atoms with van der Waals surface area (Å²) in [4.78, 5) is 23.1. The van der Waals surface area contributed by atoms with Gasteiger partial charge in [-0.25, -0.2) is 4.39 Å². The van der Waals surface area contributed by atoms with Crippen LogP contribution in [0.5, 0.6) is 5.88 Å². The second-order valence-corrected chi connectivity index (χ2v) is 8.42. The lowest BCUT2D eigenvalue weighted by Crippen LogP contribution is -2.46. The third-order valence-electron chi connectivity index (χ3n) is 6.23. The second kappa shape index (κ2) is 9.58. The van der Waals surface area contributed by atoms with Crippen molar-refractivity contribution in [2.24, 2.45) is 0 Å². The van der Waals surface area contributed by atoms with Gasteiger partial charge in [0.2, 0.25) is 5.88 Å². The molecule has 1 fully saturated rings. The average Bonchev–Trinajstić information content (AvgIpc) is 2.85. The number of aromatic nitrogens is 2. The molecular weight excluding hydrogens is 419 g/mol. The van der Waals surface area contributed by atoms with Gasteiger partial charge in [-0.05, 0) is 43.0 Å². The van der Waals surface area contributed by atoms with Crippen LogP contribution in [0.2, 0.25) is 0 Å². The van der Waals surface area contributed by atoms with Crippen LogP contribution in [0.1, 0.15) is 12.8 Å². The van der Waals surface area contributed by atoms with Gasteiger partial charge in [-0.3, -0.25) is 9.69 Å². The topological polar surface area (TPSA) is 61.5 Å². The highest BCUT2D eigenvalue weighted by Crippen LogP contribution is 2.27. The summed E-state index contributed by atoms with van der Waals surface area (Å²) in [6.45, 7) is 5.78. The van der Waals surface area contributed by atoms with Crippen LogP contribution in [-0.4, -0.2) is 54.2 Å². The summed E-state index contributed by atoms with van der Waals surface area (Å²) >= 11 is 0. The van der Waals surface area contributed by atoms with E-state index in [0.29, 0.717) is 23.5 Å². The summed E-state index contributed by atoms with van der Waals surface area (Å²) in [6.07, 6.45) is 1.97. The monoisotopic (exact) mass is 446 g/mol. The molecule has 0 bridgehead atoms. The SMILES string of the molecule is O=c1[nH]c2nc(OCCCCN3CCN(c4cccc5ccccc45)CC3)ccc2cc1F. The number of rotatable bonds is 7. The van der Waals surface area contributed by atoms with Gasteiger partial charge >= 0.3 is 0 Å². The van der Waals surface area contributed by atoms with Crippen LogP contribution < -0.4 is 15.2 Å². The van der Waals surface area contributed by atoms with Crippen molar-refractivity contribution in [1.82, 2.24) is 14.9 Å². The van der Waals surface area contributed by atoms with E-state index in [-0.39, 0.29) is 0 Å². The van der Waals surface area contributed by atoms with Crippen molar-refractivity contribution in [2.45, 2.75) is 12.8 Å². The molecule has 5 rings (SSSR count). The Morgan fingerprint density at radius 2 is 1.76 bits per heavy atom. The first-order chi connectivity index (χ1) is 16.2. The maximum atomic E-state index is 13.4. The van der Waals surface area contributed by atoms with Gasteiger partial charge in [0.25, 0.3) is 5.56 Å². The van der Waals surface area contributed by atoms with E-state index >= 15 is 0 Å². The smallest absolute Gasteiger partial charge is 0.285 e. The van der Waals surface area contributed by atoms with Crippen LogP contribution in [0.25, 0.3) is 21.8 Å².